The van der Waals surface area contributed by atoms with E-state index in [9.17, 15) is 9.90 Å². The Morgan fingerprint density at radius 3 is 2.90 bits per heavy atom. The molecule has 0 bridgehead atoms. The van der Waals surface area contributed by atoms with Crippen molar-refractivity contribution < 1.29 is 9.90 Å². The maximum absolute atomic E-state index is 11.5. The summed E-state index contributed by atoms with van der Waals surface area (Å²) in [7, 11) is 2.18. The zero-order valence-corrected chi connectivity index (χ0v) is 12.5. The molecule has 1 aliphatic rings. The predicted octanol–water partition coefficient (Wildman–Crippen LogP) is 3.21. The number of aryl methyl sites for hydroxylation is 1. The average molecular weight is 286 g/mol. The van der Waals surface area contributed by atoms with Gasteiger partial charge in [0.25, 0.3) is 0 Å². The molecule has 2 aromatic rings. The van der Waals surface area contributed by atoms with Crippen LogP contribution in [0.1, 0.15) is 36.2 Å². The van der Waals surface area contributed by atoms with Crippen LogP contribution >= 0.6 is 0 Å². The van der Waals surface area contributed by atoms with Crippen LogP contribution in [0.3, 0.4) is 0 Å². The van der Waals surface area contributed by atoms with Crippen molar-refractivity contribution >= 4 is 16.9 Å². The molecule has 0 aliphatic carbocycles. The lowest BCUT2D eigenvalue weighted by molar-refractivity contribution is 0.0684. The zero-order valence-electron chi connectivity index (χ0n) is 12.5. The van der Waals surface area contributed by atoms with Crippen molar-refractivity contribution in [2.75, 3.05) is 13.6 Å². The number of fused-ring (bicyclic) bond motifs is 1. The van der Waals surface area contributed by atoms with Crippen molar-refractivity contribution in [1.82, 2.24) is 9.47 Å². The van der Waals surface area contributed by atoms with Crippen LogP contribution in [0, 0.1) is 0 Å². The van der Waals surface area contributed by atoms with E-state index in [0.29, 0.717) is 11.7 Å². The lowest BCUT2D eigenvalue weighted by Crippen LogP contribution is -2.36. The quantitative estimate of drug-likeness (QED) is 0.938. The number of likely N-dealkylation sites (tertiary alicyclic amines) is 1. The van der Waals surface area contributed by atoms with E-state index in [4.69, 9.17) is 0 Å². The number of hydrogen-bond acceptors (Lipinski definition) is 2. The molecule has 1 atom stereocenters. The number of hydrogen-bond donors (Lipinski definition) is 1. The fourth-order valence-corrected chi connectivity index (χ4v) is 3.42. The molecule has 2 heterocycles. The third-order valence-corrected chi connectivity index (χ3v) is 4.64. The number of rotatable bonds is 4. The summed E-state index contributed by atoms with van der Waals surface area (Å²) >= 11 is 0. The summed E-state index contributed by atoms with van der Waals surface area (Å²) in [6.45, 7) is 1.92. The number of carboxylic acid groups (broad SMARTS) is 1. The van der Waals surface area contributed by atoms with Gasteiger partial charge in [0.2, 0.25) is 0 Å². The monoisotopic (exact) mass is 286 g/mol. The van der Waals surface area contributed by atoms with Gasteiger partial charge in [0, 0.05) is 23.5 Å². The number of para-hydroxylation sites is 1. The Hall–Kier alpha value is -1.81. The lowest BCUT2D eigenvalue weighted by atomic mass is 10.00. The van der Waals surface area contributed by atoms with Crippen molar-refractivity contribution in [3.63, 3.8) is 0 Å². The molecule has 4 heteroatoms. The minimum atomic E-state index is -0.844. The van der Waals surface area contributed by atoms with E-state index >= 15 is 0 Å². The molecule has 0 spiro atoms. The van der Waals surface area contributed by atoms with Crippen LogP contribution in [-0.4, -0.2) is 40.2 Å². The van der Waals surface area contributed by atoms with Gasteiger partial charge in [-0.05, 0) is 45.0 Å². The minimum absolute atomic E-state index is 0.398. The molecule has 0 saturated carbocycles. The second-order valence-corrected chi connectivity index (χ2v) is 5.96. The number of nitrogens with zero attached hydrogens (tertiary/aromatic N) is 2. The van der Waals surface area contributed by atoms with Gasteiger partial charge < -0.3 is 14.6 Å². The van der Waals surface area contributed by atoms with Crippen LogP contribution < -0.4 is 0 Å². The van der Waals surface area contributed by atoms with E-state index < -0.39 is 5.97 Å². The summed E-state index contributed by atoms with van der Waals surface area (Å²) in [5, 5.41) is 10.4. The molecular formula is C17H22N2O2. The van der Waals surface area contributed by atoms with E-state index in [0.717, 1.165) is 30.4 Å². The van der Waals surface area contributed by atoms with E-state index in [1.54, 1.807) is 6.07 Å². The lowest BCUT2D eigenvalue weighted by Gasteiger charge is -2.32. The summed E-state index contributed by atoms with van der Waals surface area (Å²) in [5.41, 5.74) is 1.42. The second-order valence-electron chi connectivity index (χ2n) is 5.96. The fourth-order valence-electron chi connectivity index (χ4n) is 3.42. The van der Waals surface area contributed by atoms with E-state index in [1.165, 1.54) is 19.3 Å². The zero-order chi connectivity index (χ0) is 14.8. The molecule has 1 unspecified atom stereocenters. The Morgan fingerprint density at radius 2 is 2.14 bits per heavy atom. The highest BCUT2D eigenvalue weighted by atomic mass is 16.4. The molecule has 1 fully saturated rings. The molecule has 112 valence electrons. The molecule has 1 saturated heterocycles. The summed E-state index contributed by atoms with van der Waals surface area (Å²) < 4.78 is 1.96. The number of carboxylic acids is 1. The number of piperidine rings is 1. The van der Waals surface area contributed by atoms with Crippen molar-refractivity contribution in [3.05, 3.63) is 36.0 Å². The van der Waals surface area contributed by atoms with Gasteiger partial charge >= 0.3 is 5.97 Å². The van der Waals surface area contributed by atoms with Crippen molar-refractivity contribution in [2.45, 2.75) is 38.3 Å². The fraction of sp³-hybridized carbons (Fsp3) is 0.471. The van der Waals surface area contributed by atoms with Crippen LogP contribution in [0.15, 0.2) is 30.3 Å². The van der Waals surface area contributed by atoms with Crippen molar-refractivity contribution in [1.29, 1.82) is 0 Å². The predicted molar refractivity (Wildman–Crippen MR) is 83.8 cm³/mol. The number of aromatic nitrogens is 1. The van der Waals surface area contributed by atoms with Gasteiger partial charge in [-0.25, -0.2) is 4.79 Å². The first-order valence-corrected chi connectivity index (χ1v) is 7.68. The summed E-state index contributed by atoms with van der Waals surface area (Å²) in [5.74, 6) is -0.844. The number of benzene rings is 1. The highest BCUT2D eigenvalue weighted by molar-refractivity contribution is 5.94. The Bertz CT molecular complexity index is 647. The van der Waals surface area contributed by atoms with Gasteiger partial charge in [0.1, 0.15) is 5.69 Å². The topological polar surface area (TPSA) is 45.5 Å². The molecule has 0 radical (unpaired) electrons. The molecule has 1 aromatic carbocycles. The standard InChI is InChI=1S/C17H22N2O2/c1-18-10-5-4-7-14(18)9-11-19-15-8-3-2-6-13(15)12-16(19)17(20)21/h2-3,6,8,12,14H,4-5,7,9-11H2,1H3,(H,20,21). The molecule has 21 heavy (non-hydrogen) atoms. The maximum atomic E-state index is 11.5. The smallest absolute Gasteiger partial charge is 0.352 e. The van der Waals surface area contributed by atoms with Gasteiger partial charge in [0.05, 0.1) is 0 Å². The maximum Gasteiger partial charge on any atom is 0.352 e. The number of carbonyl (C=O) groups is 1. The average Bonchev–Trinajstić information content (AvgIpc) is 2.85. The normalized spacial score (nSPS) is 20.0. The van der Waals surface area contributed by atoms with Crippen molar-refractivity contribution in [3.8, 4) is 0 Å². The molecule has 1 N–H and O–H groups in total. The van der Waals surface area contributed by atoms with E-state index in [1.807, 2.05) is 28.8 Å². The van der Waals surface area contributed by atoms with Crippen LogP contribution in [0.25, 0.3) is 10.9 Å². The molecule has 1 aromatic heterocycles. The van der Waals surface area contributed by atoms with Crippen LogP contribution in [0.2, 0.25) is 0 Å². The van der Waals surface area contributed by atoms with E-state index in [-0.39, 0.29) is 0 Å². The molecule has 3 rings (SSSR count). The molecule has 1 aliphatic heterocycles. The Morgan fingerprint density at radius 1 is 1.33 bits per heavy atom. The van der Waals surface area contributed by atoms with E-state index in [2.05, 4.69) is 11.9 Å². The molecule has 4 nitrogen and oxygen atoms in total. The Balaban J connectivity index is 1.85. The second kappa shape index (κ2) is 5.90. The molecule has 0 amide bonds. The first-order valence-electron chi connectivity index (χ1n) is 7.68. The number of aromatic carboxylic acids is 1. The van der Waals surface area contributed by atoms with Gasteiger partial charge in [-0.2, -0.15) is 0 Å². The Labute approximate surface area is 125 Å². The van der Waals surface area contributed by atoms with Crippen LogP contribution in [-0.2, 0) is 6.54 Å². The first kappa shape index (κ1) is 14.1. The SMILES string of the molecule is CN1CCCCC1CCn1c(C(=O)O)cc2ccccc21. The summed E-state index contributed by atoms with van der Waals surface area (Å²) in [4.78, 5) is 13.9. The third-order valence-electron chi connectivity index (χ3n) is 4.64. The van der Waals surface area contributed by atoms with Gasteiger partial charge in [-0.15, -0.1) is 0 Å². The van der Waals surface area contributed by atoms with Gasteiger partial charge in [0.15, 0.2) is 0 Å². The van der Waals surface area contributed by atoms with Gasteiger partial charge in [-0.1, -0.05) is 24.6 Å². The van der Waals surface area contributed by atoms with Crippen molar-refractivity contribution in [2.24, 2.45) is 0 Å². The summed E-state index contributed by atoms with van der Waals surface area (Å²) in [6, 6.07) is 10.3. The Kier molecular flexibility index (Phi) is 3.97. The largest absolute Gasteiger partial charge is 0.477 e. The molecular weight excluding hydrogens is 264 g/mol. The first-order chi connectivity index (χ1) is 10.2. The van der Waals surface area contributed by atoms with Gasteiger partial charge in [-0.3, -0.25) is 0 Å². The highest BCUT2D eigenvalue weighted by Gasteiger charge is 2.20. The highest BCUT2D eigenvalue weighted by Crippen LogP contribution is 2.23. The van der Waals surface area contributed by atoms with Crippen LogP contribution in [0.5, 0.6) is 0 Å². The minimum Gasteiger partial charge on any atom is -0.477 e. The summed E-state index contributed by atoms with van der Waals surface area (Å²) in [6.07, 6.45) is 4.79. The van der Waals surface area contributed by atoms with Crippen LogP contribution in [0.4, 0.5) is 0 Å². The third kappa shape index (κ3) is 2.81.